The molecule has 4 nitrogen and oxygen atoms in total. The van der Waals surface area contributed by atoms with Gasteiger partial charge in [-0.25, -0.2) is 0 Å². The Morgan fingerprint density at radius 3 is 2.25 bits per heavy atom. The number of hydrogen-bond acceptors (Lipinski definition) is 3. The average molecular weight is 275 g/mol. The monoisotopic (exact) mass is 275 g/mol. The summed E-state index contributed by atoms with van der Waals surface area (Å²) >= 11 is 0. The van der Waals surface area contributed by atoms with E-state index in [1.807, 2.05) is 6.92 Å². The lowest BCUT2D eigenvalue weighted by Crippen LogP contribution is -2.34. The summed E-state index contributed by atoms with van der Waals surface area (Å²) in [5, 5.41) is 9.48. The van der Waals surface area contributed by atoms with Crippen LogP contribution in [0, 0.1) is 0 Å². The lowest BCUT2D eigenvalue weighted by atomic mass is 10.0. The first-order valence-corrected chi connectivity index (χ1v) is 6.55. The molecule has 108 valence electrons. The molecular weight excluding hydrogens is 254 g/mol. The number of rotatable bonds is 9. The first-order valence-electron chi connectivity index (χ1n) is 6.55. The van der Waals surface area contributed by atoms with Crippen LogP contribution >= 0.6 is 0 Å². The van der Waals surface area contributed by atoms with Crippen molar-refractivity contribution in [2.45, 2.75) is 13.0 Å². The van der Waals surface area contributed by atoms with Gasteiger partial charge in [0.15, 0.2) is 0 Å². The van der Waals surface area contributed by atoms with Crippen LogP contribution in [0.25, 0.3) is 0 Å². The Bertz CT molecular complexity index is 443. The van der Waals surface area contributed by atoms with Crippen LogP contribution in [0.1, 0.15) is 18.5 Å². The minimum absolute atomic E-state index is 0.482. The van der Waals surface area contributed by atoms with Gasteiger partial charge in [-0.15, -0.1) is 13.2 Å². The van der Waals surface area contributed by atoms with Crippen molar-refractivity contribution in [3.05, 3.63) is 55.1 Å². The molecule has 1 N–H and O–H groups in total. The lowest BCUT2D eigenvalue weighted by Gasteiger charge is -2.27. The topological polar surface area (TPSA) is 49.8 Å². The number of benzene rings is 1. The van der Waals surface area contributed by atoms with Crippen molar-refractivity contribution < 1.29 is 14.6 Å². The highest BCUT2D eigenvalue weighted by atomic mass is 16.5. The summed E-state index contributed by atoms with van der Waals surface area (Å²) in [6.07, 6.45) is 3.38. The minimum Gasteiger partial charge on any atom is -0.494 e. The second-order valence-electron chi connectivity index (χ2n) is 4.27. The summed E-state index contributed by atoms with van der Waals surface area (Å²) in [6.45, 7) is 10.8. The van der Waals surface area contributed by atoms with Crippen LogP contribution in [-0.4, -0.2) is 35.7 Å². The quantitative estimate of drug-likeness (QED) is 0.704. The molecule has 0 saturated heterocycles. The van der Waals surface area contributed by atoms with Gasteiger partial charge in [-0.1, -0.05) is 24.3 Å². The van der Waals surface area contributed by atoms with E-state index in [1.165, 1.54) is 0 Å². The highest BCUT2D eigenvalue weighted by Crippen LogP contribution is 2.23. The van der Waals surface area contributed by atoms with E-state index in [0.717, 1.165) is 5.75 Å². The van der Waals surface area contributed by atoms with Crippen LogP contribution in [0.3, 0.4) is 0 Å². The Morgan fingerprint density at radius 1 is 1.30 bits per heavy atom. The van der Waals surface area contributed by atoms with E-state index in [-0.39, 0.29) is 0 Å². The molecule has 0 spiro atoms. The second-order valence-corrected chi connectivity index (χ2v) is 4.27. The van der Waals surface area contributed by atoms with Crippen LogP contribution in [0.5, 0.6) is 5.75 Å². The second kappa shape index (κ2) is 8.17. The summed E-state index contributed by atoms with van der Waals surface area (Å²) in [5.41, 5.74) is 0.713. The van der Waals surface area contributed by atoms with E-state index in [9.17, 15) is 9.90 Å². The molecule has 0 aromatic heterocycles. The maximum atomic E-state index is 11.6. The fourth-order valence-electron chi connectivity index (χ4n) is 2.04. The molecule has 0 aliphatic rings. The van der Waals surface area contributed by atoms with Gasteiger partial charge in [-0.05, 0) is 24.6 Å². The number of ether oxygens (including phenoxy) is 1. The normalized spacial score (nSPS) is 11.9. The maximum Gasteiger partial charge on any atom is 0.325 e. The summed E-state index contributed by atoms with van der Waals surface area (Å²) in [5.74, 6) is -0.155. The highest BCUT2D eigenvalue weighted by Gasteiger charge is 2.25. The smallest absolute Gasteiger partial charge is 0.325 e. The Balaban J connectivity index is 3.01. The molecule has 1 rings (SSSR count). The van der Waals surface area contributed by atoms with E-state index in [4.69, 9.17) is 4.74 Å². The summed E-state index contributed by atoms with van der Waals surface area (Å²) in [7, 11) is 0. The van der Waals surface area contributed by atoms with Gasteiger partial charge in [0.1, 0.15) is 11.8 Å². The zero-order chi connectivity index (χ0) is 15.0. The molecule has 0 radical (unpaired) electrons. The summed E-state index contributed by atoms with van der Waals surface area (Å²) < 4.78 is 5.36. The van der Waals surface area contributed by atoms with Crippen molar-refractivity contribution in [3.63, 3.8) is 0 Å². The molecule has 0 aliphatic carbocycles. The standard InChI is InChI=1S/C16H21NO3/c1-4-11-17(12-5-2)15(16(18)19)13-7-9-14(10-8-13)20-6-3/h4-5,7-10,15H,1-2,6,11-12H2,3H3,(H,18,19). The number of aliphatic carboxylic acids is 1. The Morgan fingerprint density at radius 2 is 1.85 bits per heavy atom. The van der Waals surface area contributed by atoms with E-state index >= 15 is 0 Å². The van der Waals surface area contributed by atoms with Crippen molar-refractivity contribution in [1.82, 2.24) is 4.90 Å². The average Bonchev–Trinajstić information content (AvgIpc) is 2.41. The molecular formula is C16H21NO3. The first kappa shape index (κ1) is 16.0. The van der Waals surface area contributed by atoms with Crippen LogP contribution in [0.4, 0.5) is 0 Å². The predicted molar refractivity (Wildman–Crippen MR) is 80.0 cm³/mol. The van der Waals surface area contributed by atoms with Crippen LogP contribution in [-0.2, 0) is 4.79 Å². The van der Waals surface area contributed by atoms with Gasteiger partial charge in [-0.2, -0.15) is 0 Å². The van der Waals surface area contributed by atoms with Gasteiger partial charge < -0.3 is 9.84 Å². The molecule has 1 aromatic carbocycles. The SMILES string of the molecule is C=CCN(CC=C)C(C(=O)O)c1ccc(OCC)cc1. The minimum atomic E-state index is -0.891. The zero-order valence-corrected chi connectivity index (χ0v) is 11.8. The molecule has 1 unspecified atom stereocenters. The molecule has 20 heavy (non-hydrogen) atoms. The largest absolute Gasteiger partial charge is 0.494 e. The van der Waals surface area contributed by atoms with Crippen LogP contribution in [0.15, 0.2) is 49.6 Å². The van der Waals surface area contributed by atoms with Gasteiger partial charge in [0.05, 0.1) is 6.61 Å². The van der Waals surface area contributed by atoms with Gasteiger partial charge >= 0.3 is 5.97 Å². The van der Waals surface area contributed by atoms with Crippen LogP contribution < -0.4 is 4.74 Å². The number of carboxylic acids is 1. The number of hydrogen-bond donors (Lipinski definition) is 1. The summed E-state index contributed by atoms with van der Waals surface area (Å²) in [4.78, 5) is 13.3. The predicted octanol–water partition coefficient (Wildman–Crippen LogP) is 2.89. The number of carboxylic acid groups (broad SMARTS) is 1. The van der Waals surface area contributed by atoms with E-state index in [1.54, 1.807) is 41.3 Å². The van der Waals surface area contributed by atoms with Crippen molar-refractivity contribution >= 4 is 5.97 Å². The van der Waals surface area contributed by atoms with Crippen molar-refractivity contribution in [2.24, 2.45) is 0 Å². The van der Waals surface area contributed by atoms with E-state index in [2.05, 4.69) is 13.2 Å². The Hall–Kier alpha value is -2.07. The Kier molecular flexibility index (Phi) is 6.53. The molecule has 0 aliphatic heterocycles. The molecule has 0 amide bonds. The van der Waals surface area contributed by atoms with Gasteiger partial charge in [-0.3, -0.25) is 9.69 Å². The molecule has 0 fully saturated rings. The van der Waals surface area contributed by atoms with Crippen molar-refractivity contribution in [1.29, 1.82) is 0 Å². The third kappa shape index (κ3) is 4.24. The molecule has 1 atom stereocenters. The highest BCUT2D eigenvalue weighted by molar-refractivity contribution is 5.75. The van der Waals surface area contributed by atoms with Gasteiger partial charge in [0.2, 0.25) is 0 Å². The fourth-order valence-corrected chi connectivity index (χ4v) is 2.04. The number of carbonyl (C=O) groups is 1. The van der Waals surface area contributed by atoms with Crippen molar-refractivity contribution in [3.8, 4) is 5.75 Å². The molecule has 1 aromatic rings. The van der Waals surface area contributed by atoms with Gasteiger partial charge in [0, 0.05) is 13.1 Å². The molecule has 4 heteroatoms. The molecule has 0 bridgehead atoms. The lowest BCUT2D eigenvalue weighted by molar-refractivity contribution is -0.143. The maximum absolute atomic E-state index is 11.6. The van der Waals surface area contributed by atoms with Gasteiger partial charge in [0.25, 0.3) is 0 Å². The molecule has 0 saturated carbocycles. The van der Waals surface area contributed by atoms with Crippen LogP contribution in [0.2, 0.25) is 0 Å². The van der Waals surface area contributed by atoms with E-state index < -0.39 is 12.0 Å². The molecule has 0 heterocycles. The van der Waals surface area contributed by atoms with E-state index in [0.29, 0.717) is 25.3 Å². The Labute approximate surface area is 120 Å². The fraction of sp³-hybridized carbons (Fsp3) is 0.312. The third-order valence-electron chi connectivity index (χ3n) is 2.83. The first-order chi connectivity index (χ1) is 9.63. The zero-order valence-electron chi connectivity index (χ0n) is 11.8. The summed E-state index contributed by atoms with van der Waals surface area (Å²) in [6, 6.07) is 6.41. The third-order valence-corrected chi connectivity index (χ3v) is 2.83. The van der Waals surface area contributed by atoms with Crippen molar-refractivity contribution in [2.75, 3.05) is 19.7 Å². The number of nitrogens with zero attached hydrogens (tertiary/aromatic N) is 1.